The van der Waals surface area contributed by atoms with E-state index in [-0.39, 0.29) is 11.9 Å². The molecule has 1 amide bonds. The molecule has 0 radical (unpaired) electrons. The third-order valence-corrected chi connectivity index (χ3v) is 2.99. The topological polar surface area (TPSA) is 55.4 Å². The standard InChI is InChI=1S/C17H23NO3/c1-4-6-11-18-16(19)15-10-8-7-9-14(15)12-13(3)17(20)21-5-2/h7-10,12H,4-6,11H2,1-3H3,(H,18,19). The molecule has 4 nitrogen and oxygen atoms in total. The van der Waals surface area contributed by atoms with Crippen LogP contribution in [-0.4, -0.2) is 25.0 Å². The molecule has 0 saturated carbocycles. The Balaban J connectivity index is 2.91. The zero-order valence-corrected chi connectivity index (χ0v) is 12.9. The van der Waals surface area contributed by atoms with Gasteiger partial charge in [-0.05, 0) is 38.0 Å². The lowest BCUT2D eigenvalue weighted by Crippen LogP contribution is -2.25. The van der Waals surface area contributed by atoms with E-state index in [1.54, 1.807) is 26.0 Å². The van der Waals surface area contributed by atoms with Gasteiger partial charge in [0, 0.05) is 17.7 Å². The minimum absolute atomic E-state index is 0.119. The van der Waals surface area contributed by atoms with E-state index in [0.29, 0.717) is 24.3 Å². The zero-order valence-electron chi connectivity index (χ0n) is 12.9. The molecule has 0 heterocycles. The summed E-state index contributed by atoms with van der Waals surface area (Å²) in [6, 6.07) is 7.22. The van der Waals surface area contributed by atoms with E-state index in [4.69, 9.17) is 4.74 Å². The van der Waals surface area contributed by atoms with Gasteiger partial charge >= 0.3 is 5.97 Å². The van der Waals surface area contributed by atoms with E-state index in [0.717, 1.165) is 18.4 Å². The Morgan fingerprint density at radius 2 is 1.95 bits per heavy atom. The van der Waals surface area contributed by atoms with Crippen LogP contribution in [0.3, 0.4) is 0 Å². The van der Waals surface area contributed by atoms with Gasteiger partial charge in [-0.25, -0.2) is 4.79 Å². The van der Waals surface area contributed by atoms with Crippen LogP contribution in [0.15, 0.2) is 29.8 Å². The van der Waals surface area contributed by atoms with Crippen molar-refractivity contribution < 1.29 is 14.3 Å². The number of carbonyl (C=O) groups excluding carboxylic acids is 2. The molecule has 1 rings (SSSR count). The average molecular weight is 289 g/mol. The third-order valence-electron chi connectivity index (χ3n) is 2.99. The van der Waals surface area contributed by atoms with E-state index < -0.39 is 0 Å². The summed E-state index contributed by atoms with van der Waals surface area (Å²) in [6.45, 7) is 6.52. The van der Waals surface area contributed by atoms with E-state index >= 15 is 0 Å². The fourth-order valence-corrected chi connectivity index (χ4v) is 1.84. The van der Waals surface area contributed by atoms with Crippen LogP contribution in [-0.2, 0) is 9.53 Å². The van der Waals surface area contributed by atoms with E-state index in [1.807, 2.05) is 18.2 Å². The number of rotatable bonds is 7. The SMILES string of the molecule is CCCCNC(=O)c1ccccc1C=C(C)C(=O)OCC. The molecule has 114 valence electrons. The normalized spacial score (nSPS) is 11.1. The van der Waals surface area contributed by atoms with Crippen LogP contribution < -0.4 is 5.32 Å². The molecule has 0 fully saturated rings. The van der Waals surface area contributed by atoms with Crippen LogP contribution in [0.25, 0.3) is 6.08 Å². The van der Waals surface area contributed by atoms with Crippen LogP contribution in [0, 0.1) is 0 Å². The van der Waals surface area contributed by atoms with Crippen molar-refractivity contribution in [2.45, 2.75) is 33.6 Å². The maximum Gasteiger partial charge on any atom is 0.333 e. The first-order valence-electron chi connectivity index (χ1n) is 7.32. The van der Waals surface area contributed by atoms with E-state index in [9.17, 15) is 9.59 Å². The summed E-state index contributed by atoms with van der Waals surface area (Å²) in [7, 11) is 0. The van der Waals surface area contributed by atoms with Crippen LogP contribution in [0.2, 0.25) is 0 Å². The lowest BCUT2D eigenvalue weighted by molar-refractivity contribution is -0.138. The second-order valence-corrected chi connectivity index (χ2v) is 4.74. The lowest BCUT2D eigenvalue weighted by atomic mass is 10.0. The molecule has 0 atom stereocenters. The van der Waals surface area contributed by atoms with Crippen molar-refractivity contribution in [1.29, 1.82) is 0 Å². The van der Waals surface area contributed by atoms with Gasteiger partial charge in [-0.1, -0.05) is 31.5 Å². The fourth-order valence-electron chi connectivity index (χ4n) is 1.84. The Morgan fingerprint density at radius 3 is 2.62 bits per heavy atom. The summed E-state index contributed by atoms with van der Waals surface area (Å²) in [5.74, 6) is -0.481. The van der Waals surface area contributed by atoms with Crippen molar-refractivity contribution in [3.05, 3.63) is 41.0 Å². The molecule has 1 N–H and O–H groups in total. The quantitative estimate of drug-likeness (QED) is 0.476. The van der Waals surface area contributed by atoms with Crippen molar-refractivity contribution in [2.75, 3.05) is 13.2 Å². The smallest absolute Gasteiger partial charge is 0.333 e. The molecular weight excluding hydrogens is 266 g/mol. The lowest BCUT2D eigenvalue weighted by Gasteiger charge is -2.08. The van der Waals surface area contributed by atoms with E-state index in [2.05, 4.69) is 12.2 Å². The average Bonchev–Trinajstić information content (AvgIpc) is 2.48. The highest BCUT2D eigenvalue weighted by molar-refractivity contribution is 6.00. The summed E-state index contributed by atoms with van der Waals surface area (Å²) < 4.78 is 4.95. The third kappa shape index (κ3) is 5.42. The molecule has 1 aromatic carbocycles. The Morgan fingerprint density at radius 1 is 1.24 bits per heavy atom. The van der Waals surface area contributed by atoms with Gasteiger partial charge in [-0.2, -0.15) is 0 Å². The maximum absolute atomic E-state index is 12.2. The van der Waals surface area contributed by atoms with E-state index in [1.165, 1.54) is 0 Å². The molecule has 0 bridgehead atoms. The molecule has 0 aliphatic rings. The Kier molecular flexibility index (Phi) is 7.23. The first-order valence-corrected chi connectivity index (χ1v) is 7.32. The van der Waals surface area contributed by atoms with Gasteiger partial charge in [0.2, 0.25) is 0 Å². The fraction of sp³-hybridized carbons (Fsp3) is 0.412. The second kappa shape index (κ2) is 8.95. The highest BCUT2D eigenvalue weighted by Crippen LogP contribution is 2.14. The van der Waals surface area contributed by atoms with Crippen molar-refractivity contribution in [3.8, 4) is 0 Å². The van der Waals surface area contributed by atoms with Gasteiger partial charge in [0.15, 0.2) is 0 Å². The number of unbranched alkanes of at least 4 members (excludes halogenated alkanes) is 1. The first kappa shape index (κ1) is 17.0. The molecular formula is C17H23NO3. The monoisotopic (exact) mass is 289 g/mol. The molecule has 0 aromatic heterocycles. The summed E-state index contributed by atoms with van der Waals surface area (Å²) >= 11 is 0. The molecule has 0 unspecified atom stereocenters. The molecule has 1 aromatic rings. The first-order chi connectivity index (χ1) is 10.1. The number of amides is 1. The summed E-state index contributed by atoms with van der Waals surface area (Å²) in [4.78, 5) is 23.8. The predicted molar refractivity (Wildman–Crippen MR) is 84.0 cm³/mol. The van der Waals surface area contributed by atoms with Gasteiger partial charge in [0.25, 0.3) is 5.91 Å². The molecule has 0 saturated heterocycles. The number of esters is 1. The Hall–Kier alpha value is -2.10. The zero-order chi connectivity index (χ0) is 15.7. The summed E-state index contributed by atoms with van der Waals surface area (Å²) in [6.07, 6.45) is 3.67. The highest BCUT2D eigenvalue weighted by Gasteiger charge is 2.11. The predicted octanol–water partition coefficient (Wildman–Crippen LogP) is 3.18. The van der Waals surface area contributed by atoms with Crippen LogP contribution in [0.5, 0.6) is 0 Å². The number of carbonyl (C=O) groups is 2. The van der Waals surface area contributed by atoms with Gasteiger partial charge in [0.1, 0.15) is 0 Å². The van der Waals surface area contributed by atoms with Gasteiger partial charge in [-0.3, -0.25) is 4.79 Å². The Bertz CT molecular complexity index is 521. The second-order valence-electron chi connectivity index (χ2n) is 4.74. The molecule has 0 aliphatic carbocycles. The highest BCUT2D eigenvalue weighted by atomic mass is 16.5. The van der Waals surface area contributed by atoms with Crippen LogP contribution >= 0.6 is 0 Å². The maximum atomic E-state index is 12.2. The number of benzene rings is 1. The van der Waals surface area contributed by atoms with Gasteiger partial charge in [0.05, 0.1) is 6.61 Å². The molecule has 0 spiro atoms. The van der Waals surface area contributed by atoms with Gasteiger partial charge < -0.3 is 10.1 Å². The number of nitrogens with one attached hydrogen (secondary N) is 1. The van der Waals surface area contributed by atoms with Gasteiger partial charge in [-0.15, -0.1) is 0 Å². The molecule has 0 aliphatic heterocycles. The Labute approximate surface area is 126 Å². The molecule has 4 heteroatoms. The van der Waals surface area contributed by atoms with Crippen molar-refractivity contribution in [3.63, 3.8) is 0 Å². The summed E-state index contributed by atoms with van der Waals surface area (Å²) in [5, 5.41) is 2.88. The van der Waals surface area contributed by atoms with Crippen molar-refractivity contribution in [1.82, 2.24) is 5.32 Å². The molecule has 21 heavy (non-hydrogen) atoms. The van der Waals surface area contributed by atoms with Crippen molar-refractivity contribution in [2.24, 2.45) is 0 Å². The minimum Gasteiger partial charge on any atom is -0.463 e. The number of hydrogen-bond donors (Lipinski definition) is 1. The van der Waals surface area contributed by atoms with Crippen LogP contribution in [0.4, 0.5) is 0 Å². The van der Waals surface area contributed by atoms with Crippen molar-refractivity contribution >= 4 is 18.0 Å². The number of ether oxygens (including phenoxy) is 1. The minimum atomic E-state index is -0.362. The largest absolute Gasteiger partial charge is 0.463 e. The summed E-state index contributed by atoms with van der Waals surface area (Å²) in [5.41, 5.74) is 1.76. The van der Waals surface area contributed by atoms with Crippen LogP contribution in [0.1, 0.15) is 49.5 Å². The number of hydrogen-bond acceptors (Lipinski definition) is 3.